The molecule has 8 nitrogen and oxygen atoms in total. The van der Waals surface area contributed by atoms with Crippen LogP contribution in [0, 0.1) is 10.1 Å². The first kappa shape index (κ1) is 23.0. The number of hydrogen-bond acceptors (Lipinski definition) is 5. The molecule has 1 atom stereocenters. The average Bonchev–Trinajstić information content (AvgIpc) is 2.86. The zero-order valence-corrected chi connectivity index (χ0v) is 18.6. The molecule has 0 bridgehead atoms. The third kappa shape index (κ3) is 4.76. The molecule has 0 fully saturated rings. The molecule has 1 aliphatic heterocycles. The first-order chi connectivity index (χ1) is 16.4. The van der Waals surface area contributed by atoms with E-state index < -0.39 is 10.9 Å². The highest BCUT2D eigenvalue weighted by atomic mass is 16.6. The van der Waals surface area contributed by atoms with Crippen LogP contribution in [-0.2, 0) is 17.8 Å². The van der Waals surface area contributed by atoms with Crippen molar-refractivity contribution in [3.8, 4) is 5.75 Å². The van der Waals surface area contributed by atoms with Gasteiger partial charge in [-0.2, -0.15) is 0 Å². The van der Waals surface area contributed by atoms with Crippen LogP contribution in [0.1, 0.15) is 45.0 Å². The summed E-state index contributed by atoms with van der Waals surface area (Å²) in [6, 6.07) is 18.8. The SMILES string of the molecule is COc1ccc(C(CC(=O)O)c2cccc3c2CCN(C(=O)c2ccc([N+](=O)[O-])cc2)C3)cc1. The van der Waals surface area contributed by atoms with Gasteiger partial charge in [0, 0.05) is 36.7 Å². The van der Waals surface area contributed by atoms with E-state index in [1.54, 1.807) is 12.0 Å². The topological polar surface area (TPSA) is 110 Å². The summed E-state index contributed by atoms with van der Waals surface area (Å²) in [7, 11) is 1.58. The lowest BCUT2D eigenvalue weighted by atomic mass is 9.82. The molecule has 3 aromatic carbocycles. The van der Waals surface area contributed by atoms with Crippen molar-refractivity contribution in [2.24, 2.45) is 0 Å². The van der Waals surface area contributed by atoms with E-state index in [1.807, 2.05) is 42.5 Å². The van der Waals surface area contributed by atoms with Crippen molar-refractivity contribution < 1.29 is 24.4 Å². The second-order valence-corrected chi connectivity index (χ2v) is 8.19. The van der Waals surface area contributed by atoms with Gasteiger partial charge in [0.05, 0.1) is 18.5 Å². The fourth-order valence-electron chi connectivity index (χ4n) is 4.47. The van der Waals surface area contributed by atoms with E-state index in [0.717, 1.165) is 22.3 Å². The van der Waals surface area contributed by atoms with Crippen molar-refractivity contribution in [1.29, 1.82) is 0 Å². The number of carbonyl (C=O) groups is 2. The van der Waals surface area contributed by atoms with Gasteiger partial charge < -0.3 is 14.7 Å². The van der Waals surface area contributed by atoms with Crippen LogP contribution in [0.3, 0.4) is 0 Å². The highest BCUT2D eigenvalue weighted by molar-refractivity contribution is 5.94. The van der Waals surface area contributed by atoms with Gasteiger partial charge in [-0.15, -0.1) is 0 Å². The van der Waals surface area contributed by atoms with Gasteiger partial charge in [-0.05, 0) is 52.9 Å². The zero-order valence-electron chi connectivity index (χ0n) is 18.6. The minimum atomic E-state index is -0.885. The van der Waals surface area contributed by atoms with Gasteiger partial charge in [0.1, 0.15) is 5.75 Å². The quantitative estimate of drug-likeness (QED) is 0.413. The van der Waals surface area contributed by atoms with E-state index in [-0.39, 0.29) is 23.9 Å². The summed E-state index contributed by atoms with van der Waals surface area (Å²) in [6.45, 7) is 0.865. The second kappa shape index (κ2) is 9.74. The highest BCUT2D eigenvalue weighted by Gasteiger charge is 2.27. The van der Waals surface area contributed by atoms with Crippen molar-refractivity contribution in [3.05, 3.63) is 105 Å². The molecule has 0 spiro atoms. The molecule has 1 aliphatic rings. The summed E-state index contributed by atoms with van der Waals surface area (Å²) in [5.41, 5.74) is 4.22. The molecule has 0 saturated heterocycles. The Morgan fingerprint density at radius 2 is 1.79 bits per heavy atom. The summed E-state index contributed by atoms with van der Waals surface area (Å²) in [4.78, 5) is 36.8. The van der Waals surface area contributed by atoms with Gasteiger partial charge in [-0.25, -0.2) is 0 Å². The molecule has 0 radical (unpaired) electrons. The number of nitro groups is 1. The molecule has 8 heteroatoms. The fraction of sp³-hybridized carbons (Fsp3) is 0.231. The number of aliphatic carboxylic acids is 1. The van der Waals surface area contributed by atoms with Crippen LogP contribution in [0.15, 0.2) is 66.7 Å². The van der Waals surface area contributed by atoms with Crippen molar-refractivity contribution in [2.45, 2.75) is 25.3 Å². The van der Waals surface area contributed by atoms with E-state index in [1.165, 1.54) is 24.3 Å². The van der Waals surface area contributed by atoms with Crippen LogP contribution in [0.2, 0.25) is 0 Å². The summed E-state index contributed by atoms with van der Waals surface area (Å²) in [5, 5.41) is 20.5. The maximum absolute atomic E-state index is 13.0. The first-order valence-corrected chi connectivity index (χ1v) is 10.9. The molecule has 0 aliphatic carbocycles. The first-order valence-electron chi connectivity index (χ1n) is 10.9. The maximum atomic E-state index is 13.0. The maximum Gasteiger partial charge on any atom is 0.304 e. The molecule has 1 N–H and O–H groups in total. The smallest absolute Gasteiger partial charge is 0.304 e. The molecule has 174 valence electrons. The van der Waals surface area contributed by atoms with E-state index in [9.17, 15) is 24.8 Å². The van der Waals surface area contributed by atoms with E-state index in [2.05, 4.69) is 0 Å². The predicted octanol–water partition coefficient (Wildman–Crippen LogP) is 4.41. The molecule has 0 aromatic heterocycles. The molecule has 0 saturated carbocycles. The van der Waals surface area contributed by atoms with E-state index in [0.29, 0.717) is 30.8 Å². The normalized spacial score (nSPS) is 13.6. The third-order valence-corrected chi connectivity index (χ3v) is 6.19. The Kier molecular flexibility index (Phi) is 6.58. The van der Waals surface area contributed by atoms with E-state index >= 15 is 0 Å². The number of fused-ring (bicyclic) bond motifs is 1. The summed E-state index contributed by atoms with van der Waals surface area (Å²) >= 11 is 0. The van der Waals surface area contributed by atoms with Gasteiger partial charge >= 0.3 is 5.97 Å². The Hall–Kier alpha value is -4.20. The van der Waals surface area contributed by atoms with Crippen LogP contribution >= 0.6 is 0 Å². The number of methoxy groups -OCH3 is 1. The number of nitro benzene ring substituents is 1. The van der Waals surface area contributed by atoms with Crippen molar-refractivity contribution in [1.82, 2.24) is 4.90 Å². The van der Waals surface area contributed by atoms with Crippen molar-refractivity contribution >= 4 is 17.6 Å². The Morgan fingerprint density at radius 1 is 1.09 bits per heavy atom. The van der Waals surface area contributed by atoms with Crippen LogP contribution in [0.25, 0.3) is 0 Å². The van der Waals surface area contributed by atoms with Crippen LogP contribution in [-0.4, -0.2) is 40.5 Å². The number of nitrogens with zero attached hydrogens (tertiary/aromatic N) is 2. The molecular formula is C26H24N2O6. The number of ether oxygens (including phenoxy) is 1. The van der Waals surface area contributed by atoms with Gasteiger partial charge in [-0.3, -0.25) is 19.7 Å². The van der Waals surface area contributed by atoms with Crippen molar-refractivity contribution in [3.63, 3.8) is 0 Å². The standard InChI is InChI=1S/C26H24N2O6/c1-34-21-11-7-17(8-12-21)24(15-25(29)30)23-4-2-3-19-16-27(14-13-22(19)23)26(31)18-5-9-20(10-6-18)28(32)33/h2-12,24H,13-16H2,1H3,(H,29,30). The number of carboxylic acid groups (broad SMARTS) is 1. The lowest BCUT2D eigenvalue weighted by molar-refractivity contribution is -0.384. The Balaban J connectivity index is 1.61. The average molecular weight is 460 g/mol. The minimum Gasteiger partial charge on any atom is -0.497 e. The number of non-ortho nitro benzene ring substituents is 1. The van der Waals surface area contributed by atoms with Crippen LogP contribution < -0.4 is 4.74 Å². The van der Waals surface area contributed by atoms with Crippen LogP contribution in [0.5, 0.6) is 5.75 Å². The zero-order chi connectivity index (χ0) is 24.2. The molecule has 1 amide bonds. The molecular weight excluding hydrogens is 436 g/mol. The second-order valence-electron chi connectivity index (χ2n) is 8.19. The van der Waals surface area contributed by atoms with Crippen molar-refractivity contribution in [2.75, 3.05) is 13.7 Å². The monoisotopic (exact) mass is 460 g/mol. The number of benzene rings is 3. The molecule has 3 aromatic rings. The largest absolute Gasteiger partial charge is 0.497 e. The lowest BCUT2D eigenvalue weighted by Crippen LogP contribution is -2.36. The summed E-state index contributed by atoms with van der Waals surface area (Å²) < 4.78 is 5.23. The highest BCUT2D eigenvalue weighted by Crippen LogP contribution is 2.35. The number of carboxylic acids is 1. The molecule has 1 unspecified atom stereocenters. The summed E-state index contributed by atoms with van der Waals surface area (Å²) in [5.74, 6) is -0.698. The molecule has 34 heavy (non-hydrogen) atoms. The summed E-state index contributed by atoms with van der Waals surface area (Å²) in [6.07, 6.45) is 0.546. The number of rotatable bonds is 7. The van der Waals surface area contributed by atoms with Gasteiger partial charge in [0.2, 0.25) is 0 Å². The number of amides is 1. The Labute approximate surface area is 196 Å². The lowest BCUT2D eigenvalue weighted by Gasteiger charge is -2.32. The molecule has 4 rings (SSSR count). The predicted molar refractivity (Wildman–Crippen MR) is 125 cm³/mol. The fourth-order valence-corrected chi connectivity index (χ4v) is 4.47. The van der Waals surface area contributed by atoms with E-state index in [4.69, 9.17) is 4.74 Å². The minimum absolute atomic E-state index is 0.0474. The number of carbonyl (C=O) groups excluding carboxylic acids is 1. The van der Waals surface area contributed by atoms with Gasteiger partial charge in [0.15, 0.2) is 0 Å². The molecule has 1 heterocycles. The Morgan fingerprint density at radius 3 is 2.41 bits per heavy atom. The van der Waals surface area contributed by atoms with Gasteiger partial charge in [-0.1, -0.05) is 30.3 Å². The Bertz CT molecular complexity index is 1220. The van der Waals surface area contributed by atoms with Gasteiger partial charge in [0.25, 0.3) is 11.6 Å². The third-order valence-electron chi connectivity index (χ3n) is 6.19. The number of hydrogen-bond donors (Lipinski definition) is 1. The van der Waals surface area contributed by atoms with Crippen LogP contribution in [0.4, 0.5) is 5.69 Å².